The summed E-state index contributed by atoms with van der Waals surface area (Å²) in [6, 6.07) is 14.2. The summed E-state index contributed by atoms with van der Waals surface area (Å²) in [7, 11) is 0. The Hall–Kier alpha value is -2.69. The zero-order valence-electron chi connectivity index (χ0n) is 15.3. The first-order valence-corrected chi connectivity index (χ1v) is 8.88. The van der Waals surface area contributed by atoms with E-state index in [1.807, 2.05) is 31.2 Å². The van der Waals surface area contributed by atoms with E-state index in [2.05, 4.69) is 5.32 Å². The molecular formula is C21H25FN2O2. The number of halogens is 1. The van der Waals surface area contributed by atoms with Crippen molar-refractivity contribution < 1.29 is 14.0 Å². The average molecular weight is 356 g/mol. The molecule has 0 saturated carbocycles. The predicted octanol–water partition coefficient (Wildman–Crippen LogP) is 3.81. The SMILES string of the molecule is CCc1ccccc1NC(=O)CCN(CCc1ccccc1F)C(C)=O. The maximum atomic E-state index is 13.7. The minimum absolute atomic E-state index is 0.122. The zero-order chi connectivity index (χ0) is 18.9. The summed E-state index contributed by atoms with van der Waals surface area (Å²) in [4.78, 5) is 25.6. The van der Waals surface area contributed by atoms with Gasteiger partial charge in [0.25, 0.3) is 0 Å². The highest BCUT2D eigenvalue weighted by molar-refractivity contribution is 5.91. The predicted molar refractivity (Wildman–Crippen MR) is 101 cm³/mol. The normalized spacial score (nSPS) is 10.4. The van der Waals surface area contributed by atoms with Crippen LogP contribution in [0.5, 0.6) is 0 Å². The standard InChI is InChI=1S/C21H25FN2O2/c1-3-17-8-5-7-11-20(17)23-21(26)13-15-24(16(2)25)14-12-18-9-4-6-10-19(18)22/h4-11H,3,12-15H2,1-2H3,(H,23,26). The second-order valence-corrected chi connectivity index (χ2v) is 6.16. The number of amides is 2. The molecule has 0 heterocycles. The molecule has 0 aliphatic rings. The molecule has 2 amide bonds. The van der Waals surface area contributed by atoms with Gasteiger partial charge in [-0.25, -0.2) is 4.39 Å². The fraction of sp³-hybridized carbons (Fsp3) is 0.333. The Bertz CT molecular complexity index is 761. The Morgan fingerprint density at radius 1 is 1.00 bits per heavy atom. The number of benzene rings is 2. The molecule has 2 rings (SSSR count). The lowest BCUT2D eigenvalue weighted by Crippen LogP contribution is -2.34. The van der Waals surface area contributed by atoms with E-state index in [9.17, 15) is 14.0 Å². The third kappa shape index (κ3) is 5.69. The lowest BCUT2D eigenvalue weighted by atomic mass is 10.1. The van der Waals surface area contributed by atoms with Crippen molar-refractivity contribution in [1.29, 1.82) is 0 Å². The maximum Gasteiger partial charge on any atom is 0.226 e. The monoisotopic (exact) mass is 356 g/mol. The topological polar surface area (TPSA) is 49.4 Å². The first kappa shape index (κ1) is 19.6. The largest absolute Gasteiger partial charge is 0.342 e. The first-order chi connectivity index (χ1) is 12.5. The van der Waals surface area contributed by atoms with Crippen molar-refractivity contribution in [2.24, 2.45) is 0 Å². The van der Waals surface area contributed by atoms with Crippen LogP contribution >= 0.6 is 0 Å². The van der Waals surface area contributed by atoms with Crippen LogP contribution in [0.2, 0.25) is 0 Å². The van der Waals surface area contributed by atoms with E-state index in [-0.39, 0.29) is 24.1 Å². The van der Waals surface area contributed by atoms with Gasteiger partial charge in [0.05, 0.1) is 0 Å². The molecule has 0 atom stereocenters. The molecule has 5 heteroatoms. The van der Waals surface area contributed by atoms with E-state index in [4.69, 9.17) is 0 Å². The van der Waals surface area contributed by atoms with Crippen LogP contribution in [0.1, 0.15) is 31.4 Å². The number of nitrogens with zero attached hydrogens (tertiary/aromatic N) is 1. The van der Waals surface area contributed by atoms with E-state index in [1.165, 1.54) is 13.0 Å². The van der Waals surface area contributed by atoms with Gasteiger partial charge in [-0.2, -0.15) is 0 Å². The van der Waals surface area contributed by atoms with Gasteiger partial charge in [0.1, 0.15) is 5.82 Å². The molecule has 26 heavy (non-hydrogen) atoms. The number of hydrogen-bond donors (Lipinski definition) is 1. The fourth-order valence-corrected chi connectivity index (χ4v) is 2.78. The van der Waals surface area contributed by atoms with Crippen molar-refractivity contribution in [2.75, 3.05) is 18.4 Å². The smallest absolute Gasteiger partial charge is 0.226 e. The van der Waals surface area contributed by atoms with Crippen molar-refractivity contribution in [1.82, 2.24) is 4.90 Å². The van der Waals surface area contributed by atoms with Gasteiger partial charge in [0.15, 0.2) is 0 Å². The molecule has 0 aliphatic carbocycles. The lowest BCUT2D eigenvalue weighted by molar-refractivity contribution is -0.129. The summed E-state index contributed by atoms with van der Waals surface area (Å²) in [6.07, 6.45) is 1.46. The van der Waals surface area contributed by atoms with E-state index in [0.29, 0.717) is 25.1 Å². The van der Waals surface area contributed by atoms with Crippen molar-refractivity contribution in [2.45, 2.75) is 33.1 Å². The molecule has 0 spiro atoms. The number of para-hydroxylation sites is 1. The molecule has 1 N–H and O–H groups in total. The third-order valence-corrected chi connectivity index (χ3v) is 4.34. The minimum Gasteiger partial charge on any atom is -0.342 e. The number of hydrogen-bond acceptors (Lipinski definition) is 2. The third-order valence-electron chi connectivity index (χ3n) is 4.34. The quantitative estimate of drug-likeness (QED) is 0.782. The summed E-state index contributed by atoms with van der Waals surface area (Å²) in [6.45, 7) is 4.19. The van der Waals surface area contributed by atoms with E-state index >= 15 is 0 Å². The number of carbonyl (C=O) groups excluding carboxylic acids is 2. The highest BCUT2D eigenvalue weighted by atomic mass is 19.1. The van der Waals surface area contributed by atoms with Gasteiger partial charge in [-0.15, -0.1) is 0 Å². The molecule has 0 unspecified atom stereocenters. The summed E-state index contributed by atoms with van der Waals surface area (Å²) < 4.78 is 13.7. The Balaban J connectivity index is 1.88. The second-order valence-electron chi connectivity index (χ2n) is 6.16. The van der Waals surface area contributed by atoms with Gasteiger partial charge in [-0.3, -0.25) is 9.59 Å². The summed E-state index contributed by atoms with van der Waals surface area (Å²) in [5, 5.41) is 2.90. The second kappa shape index (κ2) is 9.70. The molecule has 2 aromatic carbocycles. The zero-order valence-corrected chi connectivity index (χ0v) is 15.3. The molecule has 138 valence electrons. The fourth-order valence-electron chi connectivity index (χ4n) is 2.78. The van der Waals surface area contributed by atoms with E-state index < -0.39 is 0 Å². The highest BCUT2D eigenvalue weighted by Gasteiger charge is 2.13. The van der Waals surface area contributed by atoms with Crippen molar-refractivity contribution in [3.8, 4) is 0 Å². The summed E-state index contributed by atoms with van der Waals surface area (Å²) in [5.41, 5.74) is 2.45. The molecule has 4 nitrogen and oxygen atoms in total. The number of nitrogens with one attached hydrogen (secondary N) is 1. The van der Waals surface area contributed by atoms with Crippen LogP contribution in [0.4, 0.5) is 10.1 Å². The van der Waals surface area contributed by atoms with Gasteiger partial charge in [-0.1, -0.05) is 43.3 Å². The van der Waals surface area contributed by atoms with Crippen LogP contribution in [0.3, 0.4) is 0 Å². The summed E-state index contributed by atoms with van der Waals surface area (Å²) in [5.74, 6) is -0.531. The number of aryl methyl sites for hydroxylation is 1. The van der Waals surface area contributed by atoms with Gasteiger partial charge >= 0.3 is 0 Å². The number of rotatable bonds is 8. The van der Waals surface area contributed by atoms with Crippen LogP contribution in [-0.2, 0) is 22.4 Å². The van der Waals surface area contributed by atoms with Crippen molar-refractivity contribution in [3.05, 3.63) is 65.5 Å². The molecule has 0 aliphatic heterocycles. The highest BCUT2D eigenvalue weighted by Crippen LogP contribution is 2.15. The van der Waals surface area contributed by atoms with Crippen LogP contribution in [0.15, 0.2) is 48.5 Å². The molecule has 2 aromatic rings. The Morgan fingerprint density at radius 2 is 1.65 bits per heavy atom. The Labute approximate surface area is 154 Å². The van der Waals surface area contributed by atoms with Crippen molar-refractivity contribution >= 4 is 17.5 Å². The first-order valence-electron chi connectivity index (χ1n) is 8.88. The lowest BCUT2D eigenvalue weighted by Gasteiger charge is -2.21. The van der Waals surface area contributed by atoms with Gasteiger partial charge in [0, 0.05) is 32.1 Å². The number of carbonyl (C=O) groups is 2. The Kier molecular flexibility index (Phi) is 7.33. The summed E-state index contributed by atoms with van der Waals surface area (Å²) >= 11 is 0. The number of anilines is 1. The molecule has 0 fully saturated rings. The molecular weight excluding hydrogens is 331 g/mol. The van der Waals surface area contributed by atoms with Gasteiger partial charge in [0.2, 0.25) is 11.8 Å². The van der Waals surface area contributed by atoms with Gasteiger partial charge < -0.3 is 10.2 Å². The van der Waals surface area contributed by atoms with Crippen LogP contribution in [-0.4, -0.2) is 29.8 Å². The van der Waals surface area contributed by atoms with Gasteiger partial charge in [-0.05, 0) is 36.1 Å². The average Bonchev–Trinajstić information content (AvgIpc) is 2.63. The van der Waals surface area contributed by atoms with Crippen molar-refractivity contribution in [3.63, 3.8) is 0 Å². The van der Waals surface area contributed by atoms with Crippen LogP contribution in [0.25, 0.3) is 0 Å². The van der Waals surface area contributed by atoms with Crippen LogP contribution < -0.4 is 5.32 Å². The van der Waals surface area contributed by atoms with E-state index in [1.54, 1.807) is 23.1 Å². The molecule has 0 bridgehead atoms. The molecule has 0 radical (unpaired) electrons. The molecule has 0 saturated heterocycles. The molecule has 0 aromatic heterocycles. The minimum atomic E-state index is -0.273. The van der Waals surface area contributed by atoms with Crippen LogP contribution in [0, 0.1) is 5.82 Å². The van der Waals surface area contributed by atoms with E-state index in [0.717, 1.165) is 17.7 Å². The maximum absolute atomic E-state index is 13.7. The Morgan fingerprint density at radius 3 is 2.31 bits per heavy atom.